The lowest BCUT2D eigenvalue weighted by atomic mass is 10.1. The average Bonchev–Trinajstić information content (AvgIpc) is 3.23. The van der Waals surface area contributed by atoms with Gasteiger partial charge in [-0.1, -0.05) is 0 Å². The van der Waals surface area contributed by atoms with Crippen LogP contribution in [0.5, 0.6) is 0 Å². The minimum Gasteiger partial charge on any atom is -0.376 e. The van der Waals surface area contributed by atoms with Crippen LogP contribution in [-0.4, -0.2) is 30.7 Å². The summed E-state index contributed by atoms with van der Waals surface area (Å²) in [7, 11) is 3.63. The highest BCUT2D eigenvalue weighted by Crippen LogP contribution is 2.42. The molecule has 5 nitrogen and oxygen atoms in total. The Balaban J connectivity index is 1.99. The second-order valence-electron chi connectivity index (χ2n) is 4.90. The highest BCUT2D eigenvalue weighted by molar-refractivity contribution is 5.46. The van der Waals surface area contributed by atoms with Gasteiger partial charge in [-0.2, -0.15) is 0 Å². The first-order chi connectivity index (χ1) is 8.83. The maximum absolute atomic E-state index is 5.57. The summed E-state index contributed by atoms with van der Waals surface area (Å²) in [6.45, 7) is 1.35. The predicted octanol–water partition coefficient (Wildman–Crippen LogP) is 1.69. The predicted molar refractivity (Wildman–Crippen MR) is 67.4 cm³/mol. The summed E-state index contributed by atoms with van der Waals surface area (Å²) >= 11 is 0. The van der Waals surface area contributed by atoms with Crippen molar-refractivity contribution in [2.24, 2.45) is 5.92 Å². The minimum absolute atomic E-state index is 0.0465. The van der Waals surface area contributed by atoms with Crippen LogP contribution in [0.15, 0.2) is 0 Å². The Kier molecular flexibility index (Phi) is 3.18. The maximum atomic E-state index is 5.57. The van der Waals surface area contributed by atoms with Gasteiger partial charge < -0.3 is 14.8 Å². The molecule has 5 heteroatoms. The number of aromatic nitrogens is 2. The smallest absolute Gasteiger partial charge is 0.160 e. The standard InChI is InChI=1S/C13H19N3O2/c1-14-12-9-7-18-6-5-10(9)15-13(16-12)11(17-2)8-3-4-8/h8,11H,3-7H2,1-2H3,(H,14,15,16). The Labute approximate surface area is 107 Å². The molecule has 0 radical (unpaired) electrons. The fraction of sp³-hybridized carbons (Fsp3) is 0.692. The van der Waals surface area contributed by atoms with Gasteiger partial charge in [0.25, 0.3) is 0 Å². The summed E-state index contributed by atoms with van der Waals surface area (Å²) in [5, 5.41) is 3.15. The maximum Gasteiger partial charge on any atom is 0.160 e. The van der Waals surface area contributed by atoms with Gasteiger partial charge in [-0.15, -0.1) is 0 Å². The van der Waals surface area contributed by atoms with Crippen LogP contribution in [0.3, 0.4) is 0 Å². The molecule has 1 fully saturated rings. The van der Waals surface area contributed by atoms with Crippen LogP contribution in [0.2, 0.25) is 0 Å². The molecule has 98 valence electrons. The van der Waals surface area contributed by atoms with Crippen LogP contribution >= 0.6 is 0 Å². The Morgan fingerprint density at radius 1 is 1.39 bits per heavy atom. The molecule has 1 saturated carbocycles. The quantitative estimate of drug-likeness (QED) is 0.880. The van der Waals surface area contributed by atoms with Crippen molar-refractivity contribution in [2.45, 2.75) is 32.0 Å². The Morgan fingerprint density at radius 3 is 2.89 bits per heavy atom. The van der Waals surface area contributed by atoms with Crippen LogP contribution < -0.4 is 5.32 Å². The van der Waals surface area contributed by atoms with Gasteiger partial charge in [0.1, 0.15) is 11.9 Å². The van der Waals surface area contributed by atoms with Gasteiger partial charge in [0.05, 0.1) is 18.9 Å². The normalized spacial score (nSPS) is 20.3. The molecule has 18 heavy (non-hydrogen) atoms. The Hall–Kier alpha value is -1.20. The van der Waals surface area contributed by atoms with E-state index in [2.05, 4.69) is 10.3 Å². The number of hydrogen-bond acceptors (Lipinski definition) is 5. The van der Waals surface area contributed by atoms with Crippen molar-refractivity contribution in [2.75, 3.05) is 26.1 Å². The third-order valence-electron chi connectivity index (χ3n) is 3.64. The van der Waals surface area contributed by atoms with Crippen molar-refractivity contribution in [1.29, 1.82) is 0 Å². The minimum atomic E-state index is 0.0465. The number of nitrogens with zero attached hydrogens (tertiary/aromatic N) is 2. The number of hydrogen-bond donors (Lipinski definition) is 1. The molecule has 0 saturated heterocycles. The van der Waals surface area contributed by atoms with E-state index in [0.717, 1.165) is 35.9 Å². The first-order valence-electron chi connectivity index (χ1n) is 6.51. The van der Waals surface area contributed by atoms with Crippen LogP contribution in [0.1, 0.15) is 36.0 Å². The molecule has 1 unspecified atom stereocenters. The van der Waals surface area contributed by atoms with Crippen LogP contribution in [0.25, 0.3) is 0 Å². The number of methoxy groups -OCH3 is 1. The fourth-order valence-electron chi connectivity index (χ4n) is 2.49. The summed E-state index contributed by atoms with van der Waals surface area (Å²) in [6.07, 6.45) is 3.35. The van der Waals surface area contributed by atoms with E-state index in [1.807, 2.05) is 7.05 Å². The first-order valence-corrected chi connectivity index (χ1v) is 6.51. The number of nitrogens with one attached hydrogen (secondary N) is 1. The van der Waals surface area contributed by atoms with Gasteiger partial charge in [-0.25, -0.2) is 9.97 Å². The Morgan fingerprint density at radius 2 is 2.22 bits per heavy atom. The van der Waals surface area contributed by atoms with E-state index in [0.29, 0.717) is 12.5 Å². The van der Waals surface area contributed by atoms with Gasteiger partial charge >= 0.3 is 0 Å². The lowest BCUT2D eigenvalue weighted by Crippen LogP contribution is -2.19. The van der Waals surface area contributed by atoms with E-state index in [1.165, 1.54) is 12.8 Å². The van der Waals surface area contributed by atoms with E-state index in [-0.39, 0.29) is 6.10 Å². The fourth-order valence-corrected chi connectivity index (χ4v) is 2.49. The van der Waals surface area contributed by atoms with Crippen LogP contribution in [0.4, 0.5) is 5.82 Å². The molecule has 0 bridgehead atoms. The van der Waals surface area contributed by atoms with E-state index in [9.17, 15) is 0 Å². The highest BCUT2D eigenvalue weighted by Gasteiger charge is 2.35. The monoisotopic (exact) mass is 249 g/mol. The van der Waals surface area contributed by atoms with E-state index in [1.54, 1.807) is 7.11 Å². The molecule has 0 aromatic carbocycles. The Bertz CT molecular complexity index is 429. The molecule has 0 spiro atoms. The van der Waals surface area contributed by atoms with Gasteiger partial charge in [0.15, 0.2) is 5.82 Å². The second-order valence-corrected chi connectivity index (χ2v) is 4.90. The van der Waals surface area contributed by atoms with Crippen LogP contribution in [0, 0.1) is 5.92 Å². The summed E-state index contributed by atoms with van der Waals surface area (Å²) in [5.74, 6) is 2.31. The molecular formula is C13H19N3O2. The molecular weight excluding hydrogens is 230 g/mol. The molecule has 1 N–H and O–H groups in total. The third-order valence-corrected chi connectivity index (χ3v) is 3.64. The van der Waals surface area contributed by atoms with Crippen molar-refractivity contribution in [3.05, 3.63) is 17.1 Å². The van der Waals surface area contributed by atoms with Crippen molar-refractivity contribution in [3.8, 4) is 0 Å². The number of fused-ring (bicyclic) bond motifs is 1. The molecule has 2 heterocycles. The zero-order valence-corrected chi connectivity index (χ0v) is 10.9. The van der Waals surface area contributed by atoms with E-state index >= 15 is 0 Å². The molecule has 3 rings (SSSR count). The van der Waals surface area contributed by atoms with Crippen molar-refractivity contribution >= 4 is 5.82 Å². The van der Waals surface area contributed by atoms with Crippen molar-refractivity contribution in [3.63, 3.8) is 0 Å². The summed E-state index contributed by atoms with van der Waals surface area (Å²) in [5.41, 5.74) is 2.21. The molecule has 1 atom stereocenters. The van der Waals surface area contributed by atoms with Crippen molar-refractivity contribution in [1.82, 2.24) is 9.97 Å². The first kappa shape index (κ1) is 11.9. The lowest BCUT2D eigenvalue weighted by molar-refractivity contribution is 0.0754. The van der Waals surface area contributed by atoms with Crippen molar-refractivity contribution < 1.29 is 9.47 Å². The van der Waals surface area contributed by atoms with E-state index < -0.39 is 0 Å². The largest absolute Gasteiger partial charge is 0.376 e. The topological polar surface area (TPSA) is 56.3 Å². The van der Waals surface area contributed by atoms with Gasteiger partial charge in [0.2, 0.25) is 0 Å². The summed E-state index contributed by atoms with van der Waals surface area (Å²) in [6, 6.07) is 0. The highest BCUT2D eigenvalue weighted by atomic mass is 16.5. The van der Waals surface area contributed by atoms with Gasteiger partial charge in [0, 0.05) is 26.1 Å². The summed E-state index contributed by atoms with van der Waals surface area (Å²) < 4.78 is 11.0. The number of rotatable bonds is 4. The molecule has 1 aliphatic carbocycles. The van der Waals surface area contributed by atoms with Crippen LogP contribution in [-0.2, 0) is 22.5 Å². The third kappa shape index (κ3) is 2.08. The molecule has 1 aromatic heterocycles. The second kappa shape index (κ2) is 4.82. The molecule has 1 aromatic rings. The average molecular weight is 249 g/mol. The zero-order valence-electron chi connectivity index (χ0n) is 10.9. The molecule has 1 aliphatic heterocycles. The number of anilines is 1. The zero-order chi connectivity index (χ0) is 12.5. The molecule has 2 aliphatic rings. The summed E-state index contributed by atoms with van der Waals surface area (Å²) in [4.78, 5) is 9.31. The molecule has 0 amide bonds. The van der Waals surface area contributed by atoms with Gasteiger partial charge in [-0.05, 0) is 18.8 Å². The van der Waals surface area contributed by atoms with Gasteiger partial charge in [-0.3, -0.25) is 0 Å². The number of ether oxygens (including phenoxy) is 2. The van der Waals surface area contributed by atoms with E-state index in [4.69, 9.17) is 14.5 Å². The lowest BCUT2D eigenvalue weighted by Gasteiger charge is -2.21. The SMILES string of the molecule is CNc1nc(C(OC)C2CC2)nc2c1COCC2.